The lowest BCUT2D eigenvalue weighted by atomic mass is 10.1. The van der Waals surface area contributed by atoms with Crippen molar-refractivity contribution in [2.24, 2.45) is 0 Å². The number of anilines is 1. The summed E-state index contributed by atoms with van der Waals surface area (Å²) < 4.78 is 27.3. The van der Waals surface area contributed by atoms with Gasteiger partial charge in [-0.2, -0.15) is 4.68 Å². The Bertz CT molecular complexity index is 1130. The molecule has 11 heteroatoms. The number of carbonyl (C=O) groups is 1. The second kappa shape index (κ2) is 9.72. The number of morpholine rings is 1. The van der Waals surface area contributed by atoms with E-state index in [9.17, 15) is 9.18 Å². The third kappa shape index (κ3) is 5.07. The Labute approximate surface area is 195 Å². The molecule has 1 amide bonds. The van der Waals surface area contributed by atoms with Gasteiger partial charge in [-0.25, -0.2) is 4.39 Å². The van der Waals surface area contributed by atoms with Crippen molar-refractivity contribution in [3.63, 3.8) is 0 Å². The van der Waals surface area contributed by atoms with Crippen LogP contribution in [0.25, 0.3) is 5.69 Å². The van der Waals surface area contributed by atoms with E-state index in [1.165, 1.54) is 30.3 Å². The molecule has 1 saturated heterocycles. The maximum Gasteiger partial charge on any atom is 0.255 e. The number of aromatic nitrogens is 4. The Morgan fingerprint density at radius 1 is 1.24 bits per heavy atom. The fourth-order valence-electron chi connectivity index (χ4n) is 3.91. The van der Waals surface area contributed by atoms with Gasteiger partial charge in [-0.3, -0.25) is 4.79 Å². The van der Waals surface area contributed by atoms with Gasteiger partial charge in [0.1, 0.15) is 17.9 Å². The lowest BCUT2D eigenvalue weighted by Gasteiger charge is -2.37. The molecule has 174 valence electrons. The van der Waals surface area contributed by atoms with E-state index >= 15 is 0 Å². The molecule has 4 rings (SSSR count). The van der Waals surface area contributed by atoms with Crippen molar-refractivity contribution in [2.75, 3.05) is 25.1 Å². The van der Waals surface area contributed by atoms with Gasteiger partial charge < -0.3 is 19.7 Å². The van der Waals surface area contributed by atoms with Gasteiger partial charge in [-0.15, -0.1) is 5.10 Å². The summed E-state index contributed by atoms with van der Waals surface area (Å²) in [4.78, 5) is 14.8. The number of halogens is 2. The molecule has 1 fully saturated rings. The number of nitrogens with zero attached hydrogens (tertiary/aromatic N) is 5. The Morgan fingerprint density at radius 2 is 2.00 bits per heavy atom. The highest BCUT2D eigenvalue weighted by molar-refractivity contribution is 6.33. The highest BCUT2D eigenvalue weighted by atomic mass is 35.5. The number of amides is 1. The van der Waals surface area contributed by atoms with Gasteiger partial charge in [0.2, 0.25) is 0 Å². The Kier molecular flexibility index (Phi) is 6.75. The third-order valence-corrected chi connectivity index (χ3v) is 5.64. The van der Waals surface area contributed by atoms with Gasteiger partial charge in [-0.05, 0) is 48.0 Å². The summed E-state index contributed by atoms with van der Waals surface area (Å²) in [5.41, 5.74) is 1.88. The van der Waals surface area contributed by atoms with Gasteiger partial charge in [-0.1, -0.05) is 17.7 Å². The average molecular weight is 475 g/mol. The van der Waals surface area contributed by atoms with Gasteiger partial charge >= 0.3 is 0 Å². The van der Waals surface area contributed by atoms with Gasteiger partial charge in [0.25, 0.3) is 5.91 Å². The molecule has 0 radical (unpaired) electrons. The summed E-state index contributed by atoms with van der Waals surface area (Å²) in [6.07, 6.45) is 1.44. The fourth-order valence-corrected chi connectivity index (χ4v) is 4.16. The van der Waals surface area contributed by atoms with Crippen molar-refractivity contribution in [2.45, 2.75) is 32.6 Å². The molecule has 9 nitrogen and oxygen atoms in total. The van der Waals surface area contributed by atoms with Gasteiger partial charge in [0.05, 0.1) is 41.3 Å². The van der Waals surface area contributed by atoms with Crippen molar-refractivity contribution in [1.29, 1.82) is 0 Å². The van der Waals surface area contributed by atoms with Crippen LogP contribution in [-0.4, -0.2) is 58.5 Å². The Morgan fingerprint density at radius 3 is 2.64 bits per heavy atom. The second-order valence-electron chi connectivity index (χ2n) is 7.89. The van der Waals surface area contributed by atoms with Crippen molar-refractivity contribution in [3.05, 3.63) is 58.6 Å². The summed E-state index contributed by atoms with van der Waals surface area (Å²) in [5.74, 6) is -0.439. The number of ether oxygens (including phenoxy) is 2. The molecule has 1 aliphatic heterocycles. The lowest BCUT2D eigenvalue weighted by molar-refractivity contribution is -0.00539. The van der Waals surface area contributed by atoms with E-state index < -0.39 is 5.91 Å². The van der Waals surface area contributed by atoms with E-state index in [0.717, 1.165) is 0 Å². The monoisotopic (exact) mass is 474 g/mol. The quantitative estimate of drug-likeness (QED) is 0.586. The molecule has 1 aromatic heterocycles. The number of hydrogen-bond donors (Lipinski definition) is 1. The maximum atomic E-state index is 14.8. The van der Waals surface area contributed by atoms with Crippen LogP contribution in [-0.2, 0) is 11.3 Å². The molecule has 1 N–H and O–H groups in total. The van der Waals surface area contributed by atoms with E-state index in [0.29, 0.717) is 35.8 Å². The number of benzene rings is 2. The topological polar surface area (TPSA) is 94.4 Å². The first-order valence-electron chi connectivity index (χ1n) is 10.4. The molecule has 2 atom stereocenters. The zero-order chi connectivity index (χ0) is 23.5. The summed E-state index contributed by atoms with van der Waals surface area (Å²) in [6, 6.07) is 8.03. The van der Waals surface area contributed by atoms with E-state index in [2.05, 4.69) is 20.8 Å². The fraction of sp³-hybridized carbons (Fsp3) is 0.364. The number of hydrogen-bond acceptors (Lipinski definition) is 7. The zero-order valence-electron chi connectivity index (χ0n) is 18.5. The largest absolute Gasteiger partial charge is 0.496 e. The van der Waals surface area contributed by atoms with E-state index in [1.54, 1.807) is 18.2 Å². The van der Waals surface area contributed by atoms with Gasteiger partial charge in [0.15, 0.2) is 0 Å². The molecule has 0 saturated carbocycles. The highest BCUT2D eigenvalue weighted by Crippen LogP contribution is 2.29. The minimum absolute atomic E-state index is 0.0288. The van der Waals surface area contributed by atoms with Crippen LogP contribution >= 0.6 is 11.6 Å². The summed E-state index contributed by atoms with van der Waals surface area (Å²) >= 11 is 6.33. The molecule has 2 aromatic carbocycles. The lowest BCUT2D eigenvalue weighted by Crippen LogP contribution is -2.45. The smallest absolute Gasteiger partial charge is 0.255 e. The zero-order valence-corrected chi connectivity index (χ0v) is 19.2. The molecular weight excluding hydrogens is 451 g/mol. The molecule has 0 spiro atoms. The summed E-state index contributed by atoms with van der Waals surface area (Å²) in [5, 5.41) is 14.0. The van der Waals surface area contributed by atoms with Crippen LogP contribution in [0.5, 0.6) is 5.75 Å². The molecule has 2 unspecified atom stereocenters. The van der Waals surface area contributed by atoms with Crippen LogP contribution in [0.4, 0.5) is 10.1 Å². The van der Waals surface area contributed by atoms with Crippen LogP contribution in [0.3, 0.4) is 0 Å². The summed E-state index contributed by atoms with van der Waals surface area (Å²) in [6.45, 7) is 5.33. The van der Waals surface area contributed by atoms with E-state index in [4.69, 9.17) is 21.1 Å². The van der Waals surface area contributed by atoms with E-state index in [1.807, 2.05) is 18.7 Å². The van der Waals surface area contributed by atoms with Gasteiger partial charge in [0, 0.05) is 25.7 Å². The third-order valence-electron chi connectivity index (χ3n) is 5.33. The van der Waals surface area contributed by atoms with Crippen LogP contribution in [0.1, 0.15) is 29.8 Å². The predicted octanol–water partition coefficient (Wildman–Crippen LogP) is 3.01. The Hall–Kier alpha value is -3.24. The van der Waals surface area contributed by atoms with Crippen molar-refractivity contribution >= 4 is 23.2 Å². The first-order chi connectivity index (χ1) is 15.9. The van der Waals surface area contributed by atoms with Crippen LogP contribution in [0, 0.1) is 5.82 Å². The number of methoxy groups -OCH3 is 1. The first-order valence-corrected chi connectivity index (χ1v) is 10.8. The number of nitrogens with one attached hydrogen (secondary N) is 1. The van der Waals surface area contributed by atoms with Crippen molar-refractivity contribution < 1.29 is 18.7 Å². The standard InChI is InChI=1S/C22H24ClFN6O3/c1-13-10-29(11-14(2)33-13)19-5-4-15(6-18(19)24)9-25-22(31)16-7-17(23)20(8-21(16)32-3)30-12-26-27-28-30/h4-8,12-14H,9-11H2,1-3H3,(H,25,31). The van der Waals surface area contributed by atoms with Crippen LogP contribution in [0.15, 0.2) is 36.7 Å². The number of rotatable bonds is 6. The van der Waals surface area contributed by atoms with Crippen LogP contribution < -0.4 is 15.0 Å². The minimum atomic E-state index is -0.405. The SMILES string of the molecule is COc1cc(-n2cnnn2)c(Cl)cc1C(=O)NCc1ccc(N2CC(C)OC(C)C2)c(F)c1. The molecule has 1 aliphatic rings. The van der Waals surface area contributed by atoms with Crippen LogP contribution in [0.2, 0.25) is 5.02 Å². The summed E-state index contributed by atoms with van der Waals surface area (Å²) in [7, 11) is 1.45. The van der Waals surface area contributed by atoms with Crippen molar-refractivity contribution in [3.8, 4) is 11.4 Å². The molecule has 2 heterocycles. The average Bonchev–Trinajstić information content (AvgIpc) is 3.31. The second-order valence-corrected chi connectivity index (χ2v) is 8.30. The van der Waals surface area contributed by atoms with Crippen molar-refractivity contribution in [1.82, 2.24) is 25.5 Å². The highest BCUT2D eigenvalue weighted by Gasteiger charge is 2.24. The molecule has 0 aliphatic carbocycles. The Balaban J connectivity index is 1.47. The van der Waals surface area contributed by atoms with E-state index in [-0.39, 0.29) is 35.2 Å². The predicted molar refractivity (Wildman–Crippen MR) is 121 cm³/mol. The first kappa shape index (κ1) is 22.9. The molecule has 0 bridgehead atoms. The maximum absolute atomic E-state index is 14.8. The normalized spacial score (nSPS) is 18.3. The number of tetrazole rings is 1. The molecule has 33 heavy (non-hydrogen) atoms. The molecular formula is C22H24ClFN6O3. The minimum Gasteiger partial charge on any atom is -0.496 e. The number of carbonyl (C=O) groups excluding carboxylic acids is 1. The molecule has 3 aromatic rings.